The molecule has 1 unspecified atom stereocenters. The molecule has 0 aliphatic carbocycles. The van der Waals surface area contributed by atoms with Crippen molar-refractivity contribution >= 4 is 23.3 Å². The van der Waals surface area contributed by atoms with E-state index in [0.717, 1.165) is 22.6 Å². The first-order valence-corrected chi connectivity index (χ1v) is 8.70. The van der Waals surface area contributed by atoms with E-state index in [-0.39, 0.29) is 18.6 Å². The van der Waals surface area contributed by atoms with Crippen LogP contribution in [0.1, 0.15) is 12.5 Å². The molecular formula is C21H22N2O4. The molecule has 0 bridgehead atoms. The van der Waals surface area contributed by atoms with Crippen LogP contribution in [0.25, 0.3) is 5.57 Å². The highest BCUT2D eigenvalue weighted by Crippen LogP contribution is 2.21. The number of methoxy groups -OCH3 is 1. The zero-order chi connectivity index (χ0) is 19.2. The number of cyclic esters (lactones) is 1. The lowest BCUT2D eigenvalue weighted by Gasteiger charge is -2.12. The van der Waals surface area contributed by atoms with E-state index in [4.69, 9.17) is 9.47 Å². The molecule has 2 amide bonds. The fraction of sp³-hybridized carbons (Fsp3) is 0.238. The lowest BCUT2D eigenvalue weighted by atomic mass is 10.1. The molecule has 1 aliphatic heterocycles. The maximum absolute atomic E-state index is 12.2. The summed E-state index contributed by atoms with van der Waals surface area (Å²) in [6.45, 7) is 2.54. The summed E-state index contributed by atoms with van der Waals surface area (Å²) in [5.74, 6) is 0.541. The third kappa shape index (κ3) is 4.67. The number of hydrogen-bond acceptors (Lipinski definition) is 4. The van der Waals surface area contributed by atoms with Gasteiger partial charge in [0.05, 0.1) is 20.2 Å². The molecule has 1 heterocycles. The first kappa shape index (κ1) is 18.5. The van der Waals surface area contributed by atoms with Crippen molar-refractivity contribution in [2.24, 2.45) is 0 Å². The minimum absolute atomic E-state index is 0.225. The second-order valence-electron chi connectivity index (χ2n) is 6.25. The van der Waals surface area contributed by atoms with Gasteiger partial charge >= 0.3 is 6.09 Å². The second kappa shape index (κ2) is 8.40. The minimum Gasteiger partial charge on any atom is -0.497 e. The highest BCUT2D eigenvalue weighted by molar-refractivity contribution is 5.95. The Hall–Kier alpha value is -3.28. The number of hydrogen-bond donors (Lipinski definition) is 1. The Morgan fingerprint density at radius 3 is 2.59 bits per heavy atom. The molecule has 2 aromatic carbocycles. The van der Waals surface area contributed by atoms with Crippen LogP contribution >= 0.6 is 0 Å². The first-order chi connectivity index (χ1) is 13.1. The molecule has 0 aromatic heterocycles. The number of nitrogens with zero attached hydrogens (tertiary/aromatic N) is 1. The van der Waals surface area contributed by atoms with E-state index < -0.39 is 6.09 Å². The quantitative estimate of drug-likeness (QED) is 0.797. The van der Waals surface area contributed by atoms with E-state index in [2.05, 4.69) is 5.32 Å². The smallest absolute Gasteiger partial charge is 0.414 e. The van der Waals surface area contributed by atoms with Gasteiger partial charge in [-0.25, -0.2) is 4.79 Å². The number of allylic oxidation sites excluding steroid dienone is 1. The van der Waals surface area contributed by atoms with Crippen LogP contribution in [-0.2, 0) is 9.53 Å². The Labute approximate surface area is 158 Å². The number of para-hydroxylation sites is 1. The summed E-state index contributed by atoms with van der Waals surface area (Å²) in [6.07, 6.45) is 0.759. The van der Waals surface area contributed by atoms with Gasteiger partial charge in [0.2, 0.25) is 5.91 Å². The Morgan fingerprint density at radius 2 is 1.93 bits per heavy atom. The van der Waals surface area contributed by atoms with Crippen molar-refractivity contribution in [3.05, 3.63) is 66.2 Å². The van der Waals surface area contributed by atoms with Crippen molar-refractivity contribution in [2.75, 3.05) is 25.1 Å². The zero-order valence-corrected chi connectivity index (χ0v) is 15.3. The molecule has 0 radical (unpaired) electrons. The Balaban J connectivity index is 1.53. The van der Waals surface area contributed by atoms with Crippen molar-refractivity contribution < 1.29 is 19.1 Å². The van der Waals surface area contributed by atoms with Gasteiger partial charge in [0.1, 0.15) is 11.9 Å². The molecule has 1 atom stereocenters. The number of carbonyl (C=O) groups excluding carboxylic acids is 2. The number of rotatable bonds is 6. The summed E-state index contributed by atoms with van der Waals surface area (Å²) >= 11 is 0. The van der Waals surface area contributed by atoms with Crippen molar-refractivity contribution in [3.63, 3.8) is 0 Å². The van der Waals surface area contributed by atoms with Crippen molar-refractivity contribution in [2.45, 2.75) is 13.0 Å². The lowest BCUT2D eigenvalue weighted by Crippen LogP contribution is -2.33. The number of anilines is 1. The molecule has 1 fully saturated rings. The highest BCUT2D eigenvalue weighted by Gasteiger charge is 2.32. The van der Waals surface area contributed by atoms with E-state index in [1.165, 1.54) is 6.08 Å². The molecule has 3 rings (SSSR count). The maximum Gasteiger partial charge on any atom is 0.414 e. The Morgan fingerprint density at radius 1 is 1.22 bits per heavy atom. The molecule has 6 nitrogen and oxygen atoms in total. The molecule has 1 N–H and O–H groups in total. The summed E-state index contributed by atoms with van der Waals surface area (Å²) in [5, 5.41) is 2.80. The van der Waals surface area contributed by atoms with E-state index in [1.807, 2.05) is 61.5 Å². The summed E-state index contributed by atoms with van der Waals surface area (Å²) in [6, 6.07) is 16.8. The predicted molar refractivity (Wildman–Crippen MR) is 104 cm³/mol. The molecule has 1 aliphatic rings. The van der Waals surface area contributed by atoms with Gasteiger partial charge in [-0.05, 0) is 42.3 Å². The van der Waals surface area contributed by atoms with Gasteiger partial charge in [-0.1, -0.05) is 30.3 Å². The number of carbonyl (C=O) groups is 2. The van der Waals surface area contributed by atoms with E-state index >= 15 is 0 Å². The number of ether oxygens (including phenoxy) is 2. The normalized spacial score (nSPS) is 16.8. The predicted octanol–water partition coefficient (Wildman–Crippen LogP) is 3.24. The van der Waals surface area contributed by atoms with Crippen LogP contribution in [-0.4, -0.2) is 38.3 Å². The Kier molecular flexibility index (Phi) is 5.76. The Bertz CT molecular complexity index is 831. The number of benzene rings is 2. The average molecular weight is 366 g/mol. The topological polar surface area (TPSA) is 67.9 Å². The van der Waals surface area contributed by atoms with Gasteiger partial charge in [0.15, 0.2) is 0 Å². The fourth-order valence-electron chi connectivity index (χ4n) is 2.85. The van der Waals surface area contributed by atoms with Crippen LogP contribution in [0.15, 0.2) is 60.7 Å². The average Bonchev–Trinajstić information content (AvgIpc) is 3.07. The van der Waals surface area contributed by atoms with Crippen LogP contribution in [0.5, 0.6) is 5.75 Å². The van der Waals surface area contributed by atoms with Crippen LogP contribution in [0.3, 0.4) is 0 Å². The number of nitrogens with one attached hydrogen (secondary N) is 1. The third-order valence-electron chi connectivity index (χ3n) is 4.34. The zero-order valence-electron chi connectivity index (χ0n) is 15.3. The standard InChI is InChI=1S/C21H22N2O4/c1-15(16-8-10-18(26-2)11-9-16)12-20(24)22-13-19-14-23(21(25)27-19)17-6-4-3-5-7-17/h3-12,19H,13-14H2,1-2H3,(H,22,24)/b15-12+. The molecular weight excluding hydrogens is 344 g/mol. The van der Waals surface area contributed by atoms with Crippen LogP contribution in [0.2, 0.25) is 0 Å². The SMILES string of the molecule is COc1ccc(/C(C)=C/C(=O)NCC2CN(c3ccccc3)C(=O)O2)cc1. The largest absolute Gasteiger partial charge is 0.497 e. The molecule has 1 saturated heterocycles. The van der Waals surface area contributed by atoms with Gasteiger partial charge < -0.3 is 14.8 Å². The van der Waals surface area contributed by atoms with Gasteiger partial charge in [-0.15, -0.1) is 0 Å². The van der Waals surface area contributed by atoms with Crippen molar-refractivity contribution in [1.82, 2.24) is 5.32 Å². The monoisotopic (exact) mass is 366 g/mol. The molecule has 2 aromatic rings. The van der Waals surface area contributed by atoms with Crippen molar-refractivity contribution in [1.29, 1.82) is 0 Å². The van der Waals surface area contributed by atoms with E-state index in [0.29, 0.717) is 6.54 Å². The summed E-state index contributed by atoms with van der Waals surface area (Å²) in [5.41, 5.74) is 2.56. The van der Waals surface area contributed by atoms with Gasteiger partial charge in [-0.3, -0.25) is 9.69 Å². The van der Waals surface area contributed by atoms with Crippen molar-refractivity contribution in [3.8, 4) is 5.75 Å². The summed E-state index contributed by atoms with van der Waals surface area (Å²) < 4.78 is 10.5. The van der Waals surface area contributed by atoms with Crippen LogP contribution in [0.4, 0.5) is 10.5 Å². The van der Waals surface area contributed by atoms with Crippen LogP contribution < -0.4 is 15.0 Å². The van der Waals surface area contributed by atoms with Gasteiger partial charge in [0.25, 0.3) is 0 Å². The third-order valence-corrected chi connectivity index (χ3v) is 4.34. The van der Waals surface area contributed by atoms with E-state index in [9.17, 15) is 9.59 Å². The van der Waals surface area contributed by atoms with Gasteiger partial charge in [0, 0.05) is 11.8 Å². The lowest BCUT2D eigenvalue weighted by molar-refractivity contribution is -0.116. The highest BCUT2D eigenvalue weighted by atomic mass is 16.6. The van der Waals surface area contributed by atoms with E-state index in [1.54, 1.807) is 12.0 Å². The summed E-state index contributed by atoms with van der Waals surface area (Å²) in [7, 11) is 1.61. The molecule has 6 heteroatoms. The maximum atomic E-state index is 12.2. The molecule has 0 spiro atoms. The molecule has 140 valence electrons. The first-order valence-electron chi connectivity index (χ1n) is 8.70. The van der Waals surface area contributed by atoms with Gasteiger partial charge in [-0.2, -0.15) is 0 Å². The molecule has 0 saturated carbocycles. The summed E-state index contributed by atoms with van der Waals surface area (Å²) in [4.78, 5) is 25.8. The second-order valence-corrected chi connectivity index (χ2v) is 6.25. The molecule has 27 heavy (non-hydrogen) atoms. The van der Waals surface area contributed by atoms with Crippen LogP contribution in [0, 0.1) is 0 Å². The number of amides is 2. The fourth-order valence-corrected chi connectivity index (χ4v) is 2.85. The minimum atomic E-state index is -0.398.